The molecule has 2 aliphatic heterocycles. The van der Waals surface area contributed by atoms with E-state index >= 15 is 0 Å². The number of rotatable bonds is 3. The Morgan fingerprint density at radius 2 is 2.37 bits per heavy atom. The van der Waals surface area contributed by atoms with Crippen LogP contribution in [0, 0.1) is 0 Å². The first-order valence-electron chi connectivity index (χ1n) is 6.40. The van der Waals surface area contributed by atoms with Gasteiger partial charge < -0.3 is 19.5 Å². The third kappa shape index (κ3) is 2.69. The predicted molar refractivity (Wildman–Crippen MR) is 66.0 cm³/mol. The van der Waals surface area contributed by atoms with Gasteiger partial charge >= 0.3 is 0 Å². The minimum atomic E-state index is -0.392. The first-order chi connectivity index (χ1) is 9.22. The van der Waals surface area contributed by atoms with E-state index in [1.165, 1.54) is 0 Å². The second-order valence-corrected chi connectivity index (χ2v) is 4.85. The molecule has 102 valence electrons. The molecule has 0 saturated carbocycles. The summed E-state index contributed by atoms with van der Waals surface area (Å²) in [6.45, 7) is 2.06. The predicted octanol–water partition coefficient (Wildman–Crippen LogP) is 0.0660. The lowest BCUT2D eigenvalue weighted by molar-refractivity contribution is 0.00585. The van der Waals surface area contributed by atoms with Gasteiger partial charge in [-0.25, -0.2) is 4.98 Å². The van der Waals surface area contributed by atoms with Crippen LogP contribution in [0.2, 0.25) is 0 Å². The maximum absolute atomic E-state index is 12.1. The molecule has 3 rings (SSSR count). The smallest absolute Gasteiger partial charge is 0.254 e. The highest BCUT2D eigenvalue weighted by Gasteiger charge is 2.29. The number of carbonyl (C=O) groups is 1. The molecule has 6 nitrogen and oxygen atoms in total. The van der Waals surface area contributed by atoms with Crippen LogP contribution in [-0.2, 0) is 4.74 Å². The van der Waals surface area contributed by atoms with E-state index in [-0.39, 0.29) is 12.0 Å². The Morgan fingerprint density at radius 3 is 3.05 bits per heavy atom. The summed E-state index contributed by atoms with van der Waals surface area (Å²) in [4.78, 5) is 17.8. The number of hydrogen-bond acceptors (Lipinski definition) is 5. The molecule has 1 aromatic heterocycles. The molecule has 0 bridgehead atoms. The molecule has 0 radical (unpaired) electrons. The van der Waals surface area contributed by atoms with Crippen molar-refractivity contribution in [3.05, 3.63) is 23.9 Å². The second kappa shape index (κ2) is 5.14. The van der Waals surface area contributed by atoms with Gasteiger partial charge in [0.2, 0.25) is 5.88 Å². The van der Waals surface area contributed by atoms with Crippen LogP contribution in [0.4, 0.5) is 0 Å². The summed E-state index contributed by atoms with van der Waals surface area (Å²) in [5, 5.41) is 9.21. The van der Waals surface area contributed by atoms with Crippen molar-refractivity contribution < 1.29 is 19.4 Å². The van der Waals surface area contributed by atoms with E-state index in [9.17, 15) is 9.90 Å². The Hall–Kier alpha value is -1.66. The fraction of sp³-hybridized carbons (Fsp3) is 0.538. The van der Waals surface area contributed by atoms with Crippen LogP contribution in [0.3, 0.4) is 0 Å². The Labute approximate surface area is 111 Å². The molecular weight excluding hydrogens is 248 g/mol. The van der Waals surface area contributed by atoms with Crippen molar-refractivity contribution in [3.8, 4) is 5.88 Å². The molecule has 19 heavy (non-hydrogen) atoms. The van der Waals surface area contributed by atoms with Gasteiger partial charge in [-0.3, -0.25) is 4.79 Å². The molecule has 1 N–H and O–H groups in total. The topological polar surface area (TPSA) is 71.9 Å². The van der Waals surface area contributed by atoms with Gasteiger partial charge in [0, 0.05) is 37.3 Å². The highest BCUT2D eigenvalue weighted by Crippen LogP contribution is 2.18. The lowest BCUT2D eigenvalue weighted by atomic mass is 10.1. The maximum Gasteiger partial charge on any atom is 0.254 e. The number of carbonyl (C=O) groups excluding carboxylic acids is 1. The van der Waals surface area contributed by atoms with Crippen molar-refractivity contribution in [2.75, 3.05) is 26.3 Å². The number of ether oxygens (including phenoxy) is 2. The molecule has 2 saturated heterocycles. The Balaban J connectivity index is 1.67. The van der Waals surface area contributed by atoms with E-state index in [0.717, 1.165) is 6.42 Å². The average Bonchev–Trinajstić information content (AvgIpc) is 2.87. The number of hydrogen-bond donors (Lipinski definition) is 1. The average molecular weight is 264 g/mol. The van der Waals surface area contributed by atoms with Gasteiger partial charge in [-0.1, -0.05) is 0 Å². The summed E-state index contributed by atoms with van der Waals surface area (Å²) in [6.07, 6.45) is 2.04. The van der Waals surface area contributed by atoms with E-state index in [0.29, 0.717) is 37.7 Å². The summed E-state index contributed by atoms with van der Waals surface area (Å²) in [7, 11) is 0. The number of aliphatic hydroxyl groups is 1. The molecule has 0 aliphatic carbocycles. The molecule has 0 spiro atoms. The second-order valence-electron chi connectivity index (χ2n) is 4.85. The van der Waals surface area contributed by atoms with E-state index in [1.54, 1.807) is 23.2 Å². The first-order valence-corrected chi connectivity index (χ1v) is 6.40. The molecule has 1 aromatic rings. The number of aromatic nitrogens is 1. The fourth-order valence-corrected chi connectivity index (χ4v) is 2.19. The monoisotopic (exact) mass is 264 g/mol. The maximum atomic E-state index is 12.1. The van der Waals surface area contributed by atoms with E-state index in [2.05, 4.69) is 4.98 Å². The number of pyridine rings is 1. The summed E-state index contributed by atoms with van der Waals surface area (Å²) in [6, 6.07) is 3.30. The summed E-state index contributed by atoms with van der Waals surface area (Å²) >= 11 is 0. The molecular formula is C13H16N2O4. The van der Waals surface area contributed by atoms with Gasteiger partial charge in [0.15, 0.2) is 0 Å². The molecule has 2 aliphatic rings. The standard InChI is InChI=1S/C13H16N2O4/c16-10-6-15(7-10)13(17)9-1-3-14-12(5-9)19-11-2-4-18-8-11/h1,3,5,10-11,16H,2,4,6-8H2. The van der Waals surface area contributed by atoms with E-state index in [1.807, 2.05) is 0 Å². The van der Waals surface area contributed by atoms with Crippen LogP contribution in [0.5, 0.6) is 5.88 Å². The first kappa shape index (κ1) is 12.4. The SMILES string of the molecule is O=C(c1ccnc(OC2CCOC2)c1)N1CC(O)C1. The highest BCUT2D eigenvalue weighted by molar-refractivity contribution is 5.95. The van der Waals surface area contributed by atoms with Crippen molar-refractivity contribution in [1.82, 2.24) is 9.88 Å². The summed E-state index contributed by atoms with van der Waals surface area (Å²) < 4.78 is 10.9. The van der Waals surface area contributed by atoms with E-state index < -0.39 is 6.10 Å². The van der Waals surface area contributed by atoms with Gasteiger partial charge in [-0.15, -0.1) is 0 Å². The number of likely N-dealkylation sites (tertiary alicyclic amines) is 1. The third-order valence-electron chi connectivity index (χ3n) is 3.31. The molecule has 1 unspecified atom stereocenters. The molecule has 2 fully saturated rings. The zero-order valence-corrected chi connectivity index (χ0v) is 10.5. The lowest BCUT2D eigenvalue weighted by Crippen LogP contribution is -2.53. The highest BCUT2D eigenvalue weighted by atomic mass is 16.5. The minimum absolute atomic E-state index is 0.0173. The normalized spacial score (nSPS) is 23.2. The number of nitrogens with zero attached hydrogens (tertiary/aromatic N) is 2. The molecule has 6 heteroatoms. The van der Waals surface area contributed by atoms with Crippen LogP contribution >= 0.6 is 0 Å². The van der Waals surface area contributed by atoms with Gasteiger partial charge in [0.1, 0.15) is 6.10 Å². The fourth-order valence-electron chi connectivity index (χ4n) is 2.19. The largest absolute Gasteiger partial charge is 0.472 e. The van der Waals surface area contributed by atoms with Gasteiger partial charge in [-0.2, -0.15) is 0 Å². The zero-order chi connectivity index (χ0) is 13.2. The van der Waals surface area contributed by atoms with Gasteiger partial charge in [-0.05, 0) is 6.07 Å². The summed E-state index contributed by atoms with van der Waals surface area (Å²) in [5.41, 5.74) is 0.538. The molecule has 1 atom stereocenters. The lowest BCUT2D eigenvalue weighted by Gasteiger charge is -2.35. The molecule has 1 amide bonds. The van der Waals surface area contributed by atoms with Crippen molar-refractivity contribution in [1.29, 1.82) is 0 Å². The molecule has 0 aromatic carbocycles. The number of aliphatic hydroxyl groups excluding tert-OH is 1. The van der Waals surface area contributed by atoms with Crippen LogP contribution in [0.15, 0.2) is 18.3 Å². The molecule has 3 heterocycles. The Kier molecular flexibility index (Phi) is 3.35. The van der Waals surface area contributed by atoms with Crippen molar-refractivity contribution in [2.24, 2.45) is 0 Å². The van der Waals surface area contributed by atoms with E-state index in [4.69, 9.17) is 9.47 Å². The van der Waals surface area contributed by atoms with Gasteiger partial charge in [0.25, 0.3) is 5.91 Å². The van der Waals surface area contributed by atoms with Crippen molar-refractivity contribution >= 4 is 5.91 Å². The zero-order valence-electron chi connectivity index (χ0n) is 10.5. The third-order valence-corrected chi connectivity index (χ3v) is 3.31. The Bertz CT molecular complexity index is 467. The summed E-state index contributed by atoms with van der Waals surface area (Å²) in [5.74, 6) is 0.350. The van der Waals surface area contributed by atoms with Crippen molar-refractivity contribution in [2.45, 2.75) is 18.6 Å². The van der Waals surface area contributed by atoms with Crippen LogP contribution in [0.25, 0.3) is 0 Å². The minimum Gasteiger partial charge on any atom is -0.472 e. The van der Waals surface area contributed by atoms with Crippen LogP contribution < -0.4 is 4.74 Å². The van der Waals surface area contributed by atoms with Gasteiger partial charge in [0.05, 0.1) is 19.3 Å². The number of β-amino-alcohol motifs (C(OH)–C–C–N with tert-alkyl or cyclic N) is 1. The number of amides is 1. The van der Waals surface area contributed by atoms with Crippen LogP contribution in [-0.4, -0.2) is 59.4 Å². The Morgan fingerprint density at radius 1 is 1.53 bits per heavy atom. The quantitative estimate of drug-likeness (QED) is 0.836. The van der Waals surface area contributed by atoms with Crippen LogP contribution in [0.1, 0.15) is 16.8 Å². The van der Waals surface area contributed by atoms with Crippen molar-refractivity contribution in [3.63, 3.8) is 0 Å².